The monoisotopic (exact) mass is 1890 g/mol. The van der Waals surface area contributed by atoms with Gasteiger partial charge in [-0.3, -0.25) is 77.1 Å². The largest absolute Gasteiger partial charge is 0.502 e. The van der Waals surface area contributed by atoms with Crippen molar-refractivity contribution in [3.05, 3.63) is 398 Å². The Bertz CT molecular complexity index is 6370. The number of hydrogen-bond acceptors (Lipinski definition) is 24. The Morgan fingerprint density at radius 2 is 0.478 bits per heavy atom. The number of thioether (sulfide) groups is 4. The lowest BCUT2D eigenvalue weighted by molar-refractivity contribution is 0.0674. The first-order chi connectivity index (χ1) is 66.5. The first kappa shape index (κ1) is 88.0. The summed E-state index contributed by atoms with van der Waals surface area (Å²) in [5.74, 6) is 2.83. The maximum Gasteiger partial charge on any atom is 0.277 e. The van der Waals surface area contributed by atoms with E-state index in [-0.39, 0.29) is 70.6 Å². The smallest absolute Gasteiger partial charge is 0.277 e. The van der Waals surface area contributed by atoms with Gasteiger partial charge in [0, 0.05) is 140 Å². The second-order valence-corrected chi connectivity index (χ2v) is 38.1. The molecular weight excluding hydrogens is 1800 g/mol. The van der Waals surface area contributed by atoms with Gasteiger partial charge in [0.15, 0.2) is 45.8 Å². The van der Waals surface area contributed by atoms with Crippen LogP contribution in [0, 0.1) is 0 Å². The lowest BCUT2D eigenvalue weighted by Crippen LogP contribution is -2.55. The molecule has 0 unspecified atom stereocenters. The number of aromatic nitrogens is 4. The van der Waals surface area contributed by atoms with E-state index in [1.54, 1.807) is 110 Å². The summed E-state index contributed by atoms with van der Waals surface area (Å²) in [5.41, 5.74) is 10.8. The van der Waals surface area contributed by atoms with Crippen molar-refractivity contribution in [2.45, 2.75) is 92.4 Å². The van der Waals surface area contributed by atoms with Crippen molar-refractivity contribution < 1.29 is 58.6 Å². The lowest BCUT2D eigenvalue weighted by Gasteiger charge is -2.44. The summed E-state index contributed by atoms with van der Waals surface area (Å²) in [7, 11) is 0. The standard InChI is InChI=1S/4C26H23N3O4S/c4*30-19-11-13-28-24(25(19)31)26(32)27-12-4-1-5-14-33-20-9-6-7-17-15-34-21-10-3-2-8-18(21)23(22(17)20)29(28)16-27/h4*1-3,5-11,13,23,31H,4,12,14-16H2/b2*5-1+;2*5-1-/t4*23-/m1010/s1. The molecular formula is C104H92N12O16S4. The normalized spacial score (nSPS) is 20.0. The van der Waals surface area contributed by atoms with Crippen molar-refractivity contribution in [1.82, 2.24) is 38.3 Å². The first-order valence-corrected chi connectivity index (χ1v) is 49.0. The molecule has 4 atom stereocenters. The van der Waals surface area contributed by atoms with Crippen LogP contribution < -0.4 is 60.7 Å². The molecule has 4 N–H and O–H groups in total. The number of pyridine rings is 4. The van der Waals surface area contributed by atoms with Crippen LogP contribution in [0.15, 0.2) is 306 Å². The lowest BCUT2D eigenvalue weighted by atomic mass is 9.93. The number of aromatic hydroxyl groups is 4. The number of rotatable bonds is 0. The van der Waals surface area contributed by atoms with Gasteiger partial charge in [-0.15, -0.1) is 47.0 Å². The molecule has 0 radical (unpaired) electrons. The first-order valence-electron chi connectivity index (χ1n) is 45.0. The molecule has 8 aromatic carbocycles. The molecule has 32 heteroatoms. The van der Waals surface area contributed by atoms with Gasteiger partial charge in [0.2, 0.25) is 21.7 Å². The Hall–Kier alpha value is -14.6. The van der Waals surface area contributed by atoms with Gasteiger partial charge < -0.3 is 59.0 Å². The minimum absolute atomic E-state index is 0.00544. The maximum absolute atomic E-state index is 13.4. The van der Waals surface area contributed by atoms with Crippen molar-refractivity contribution in [2.24, 2.45) is 0 Å². The predicted octanol–water partition coefficient (Wildman–Crippen LogP) is 14.6. The minimum atomic E-state index is -0.566. The number of amides is 4. The molecule has 0 fully saturated rings. The molecule has 12 aliphatic rings. The number of fused-ring (bicyclic) bond motifs is 28. The number of ether oxygens (including phenoxy) is 4. The van der Waals surface area contributed by atoms with E-state index >= 15 is 0 Å². The number of nitrogens with zero attached hydrogens (tertiary/aromatic N) is 12. The Labute approximate surface area is 797 Å². The van der Waals surface area contributed by atoms with E-state index in [0.717, 1.165) is 132 Å². The van der Waals surface area contributed by atoms with Gasteiger partial charge in [-0.05, 0) is 119 Å². The highest BCUT2D eigenvalue weighted by Gasteiger charge is 2.46. The van der Waals surface area contributed by atoms with Crippen molar-refractivity contribution in [1.29, 1.82) is 0 Å². The topological polar surface area (TPSA) is 300 Å². The Balaban J connectivity index is 0.000000108. The third-order valence-corrected chi connectivity index (χ3v) is 30.7. The third kappa shape index (κ3) is 16.2. The zero-order valence-electron chi connectivity index (χ0n) is 73.5. The van der Waals surface area contributed by atoms with Crippen LogP contribution in [0.3, 0.4) is 0 Å². The van der Waals surface area contributed by atoms with E-state index in [1.165, 1.54) is 24.3 Å². The number of carbonyl (C=O) groups is 4. The fourth-order valence-corrected chi connectivity index (χ4v) is 24.1. The van der Waals surface area contributed by atoms with Crippen molar-refractivity contribution in [3.8, 4) is 46.0 Å². The average molecular weight is 1890 g/mol. The molecule has 24 rings (SSSR count). The van der Waals surface area contributed by atoms with Crippen molar-refractivity contribution in [2.75, 3.05) is 99.3 Å². The van der Waals surface area contributed by atoms with Gasteiger partial charge in [0.25, 0.3) is 23.6 Å². The van der Waals surface area contributed by atoms with Crippen LogP contribution >= 0.6 is 47.0 Å². The van der Waals surface area contributed by atoms with Gasteiger partial charge in [-0.25, -0.2) is 0 Å². The second kappa shape index (κ2) is 37.7. The Morgan fingerprint density at radius 3 is 0.706 bits per heavy atom. The molecule has 16 heterocycles. The summed E-state index contributed by atoms with van der Waals surface area (Å²) in [4.78, 5) is 114. The highest BCUT2D eigenvalue weighted by Crippen LogP contribution is 2.53. The van der Waals surface area contributed by atoms with E-state index in [0.29, 0.717) is 105 Å². The zero-order valence-corrected chi connectivity index (χ0v) is 76.8. The molecule has 28 nitrogen and oxygen atoms in total. The van der Waals surface area contributed by atoms with Crippen LogP contribution in [0.2, 0.25) is 0 Å². The van der Waals surface area contributed by atoms with Crippen LogP contribution in [0.1, 0.15) is 159 Å². The van der Waals surface area contributed by atoms with Gasteiger partial charge >= 0.3 is 0 Å². The second-order valence-electron chi connectivity index (χ2n) is 34.0. The number of hydrogen-bond donors (Lipinski definition) is 4. The summed E-state index contributed by atoms with van der Waals surface area (Å²) in [6.45, 7) is 4.84. The summed E-state index contributed by atoms with van der Waals surface area (Å²) in [6, 6.07) is 61.6. The summed E-state index contributed by atoms with van der Waals surface area (Å²) in [5, 5.41) is 50.9. The van der Waals surface area contributed by atoms with E-state index < -0.39 is 44.7 Å². The van der Waals surface area contributed by atoms with Gasteiger partial charge in [0.05, 0.1) is 0 Å². The van der Waals surface area contributed by atoms with E-state index in [4.69, 9.17) is 18.9 Å². The maximum atomic E-state index is 13.4. The zero-order chi connectivity index (χ0) is 92.9. The molecule has 136 heavy (non-hydrogen) atoms. The molecule has 4 amide bonds. The van der Waals surface area contributed by atoms with E-state index in [9.17, 15) is 58.8 Å². The summed E-state index contributed by atoms with van der Waals surface area (Å²) in [6.07, 6.45) is 24.8. The van der Waals surface area contributed by atoms with Crippen LogP contribution in [-0.2, 0) is 23.0 Å². The summed E-state index contributed by atoms with van der Waals surface area (Å²) < 4.78 is 31.6. The van der Waals surface area contributed by atoms with E-state index in [1.807, 2.05) is 146 Å². The average Bonchev–Trinajstić information content (AvgIpc) is 1.28. The molecule has 0 saturated carbocycles. The quantitative estimate of drug-likeness (QED) is 0.103. The third-order valence-electron chi connectivity index (χ3n) is 26.1. The van der Waals surface area contributed by atoms with Gasteiger partial charge in [-0.1, -0.05) is 170 Å². The number of benzene rings is 8. The molecule has 688 valence electrons. The van der Waals surface area contributed by atoms with Crippen LogP contribution in [0.5, 0.6) is 46.0 Å². The molecule has 0 aliphatic carbocycles. The van der Waals surface area contributed by atoms with Crippen LogP contribution in [-0.4, -0.2) is 162 Å². The van der Waals surface area contributed by atoms with Crippen LogP contribution in [0.25, 0.3) is 0 Å². The fourth-order valence-electron chi connectivity index (χ4n) is 19.7. The molecule has 4 aromatic heterocycles. The molecule has 12 aliphatic heterocycles. The van der Waals surface area contributed by atoms with Gasteiger partial charge in [0.1, 0.15) is 100 Å². The Morgan fingerprint density at radius 1 is 0.257 bits per heavy atom. The molecule has 12 aromatic rings. The van der Waals surface area contributed by atoms with Crippen molar-refractivity contribution in [3.63, 3.8) is 0 Å². The SMILES string of the molecule is O=C1c2c(O)c(=O)ccn2N2CN1CC/C=C/COc1cccc3c1[C@@H]2c1ccccc1SC3.O=C1c2c(O)c(=O)ccn2N2CN1CC/C=C/COc1cccc3c1[C@H]2c1ccccc1SC3.O=C1c2c(O)c(=O)ccn2N2CN1CC/C=C\COc1cccc3c1[C@@H]2c1ccccc1SC3.O=C1c2c(O)c(=O)ccn2N2CN1CC/C=C\COc1cccc3c1[C@H]2c1ccccc1SC3. The predicted molar refractivity (Wildman–Crippen MR) is 520 cm³/mol. The minimum Gasteiger partial charge on any atom is -0.502 e. The Kier molecular flexibility index (Phi) is 24.4. The van der Waals surface area contributed by atoms with Gasteiger partial charge in [-0.2, -0.15) is 0 Å². The van der Waals surface area contributed by atoms with Crippen molar-refractivity contribution >= 4 is 70.7 Å². The van der Waals surface area contributed by atoms with E-state index in [2.05, 4.69) is 92.8 Å². The molecule has 8 bridgehead atoms. The number of carbonyl (C=O) groups excluding carboxylic acids is 4. The van der Waals surface area contributed by atoms with Crippen LogP contribution in [0.4, 0.5) is 0 Å². The highest BCUT2D eigenvalue weighted by molar-refractivity contribution is 7.99. The molecule has 0 saturated heterocycles. The molecule has 0 spiro atoms. The summed E-state index contributed by atoms with van der Waals surface area (Å²) >= 11 is 7.09. The fraction of sp³-hybridized carbons (Fsp3) is 0.231. The highest BCUT2D eigenvalue weighted by atomic mass is 32.2.